The van der Waals surface area contributed by atoms with Crippen molar-refractivity contribution in [2.24, 2.45) is 0 Å². The number of aromatic nitrogens is 2. The molecule has 1 unspecified atom stereocenters. The first kappa shape index (κ1) is 14.0. The Morgan fingerprint density at radius 1 is 1.29 bits per heavy atom. The van der Waals surface area contributed by atoms with Crippen LogP contribution in [0.25, 0.3) is 0 Å². The summed E-state index contributed by atoms with van der Waals surface area (Å²) in [7, 11) is 0. The maximum Gasteiger partial charge on any atom is 0.124 e. The van der Waals surface area contributed by atoms with E-state index in [0.717, 1.165) is 30.2 Å². The first-order chi connectivity index (χ1) is 10.1. The summed E-state index contributed by atoms with van der Waals surface area (Å²) in [5.74, 6) is 0.993. The number of nitrogens with one attached hydrogen (secondary N) is 1. The lowest BCUT2D eigenvalue weighted by atomic mass is 10.00. The summed E-state index contributed by atoms with van der Waals surface area (Å²) in [6, 6.07) is 8.94. The molecule has 1 aromatic carbocycles. The van der Waals surface area contributed by atoms with Crippen molar-refractivity contribution in [1.82, 2.24) is 9.78 Å². The van der Waals surface area contributed by atoms with Gasteiger partial charge in [-0.25, -0.2) is 0 Å². The number of hydrogen-bond acceptors (Lipinski definition) is 3. The monoisotopic (exact) mass is 285 g/mol. The maximum absolute atomic E-state index is 5.73. The molecule has 21 heavy (non-hydrogen) atoms. The van der Waals surface area contributed by atoms with Crippen LogP contribution in [-0.4, -0.2) is 16.4 Å². The van der Waals surface area contributed by atoms with E-state index in [2.05, 4.69) is 54.9 Å². The van der Waals surface area contributed by atoms with Crippen LogP contribution in [0.3, 0.4) is 0 Å². The van der Waals surface area contributed by atoms with Crippen LogP contribution in [-0.2, 0) is 0 Å². The average molecular weight is 285 g/mol. The van der Waals surface area contributed by atoms with E-state index in [1.54, 1.807) is 0 Å². The van der Waals surface area contributed by atoms with E-state index in [9.17, 15) is 0 Å². The minimum atomic E-state index is 0.289. The molecule has 0 bridgehead atoms. The summed E-state index contributed by atoms with van der Waals surface area (Å²) in [5.41, 5.74) is 4.65. The minimum absolute atomic E-state index is 0.289. The Hall–Kier alpha value is -1.97. The summed E-state index contributed by atoms with van der Waals surface area (Å²) in [5, 5.41) is 8.34. The van der Waals surface area contributed by atoms with Gasteiger partial charge in [-0.1, -0.05) is 18.2 Å². The SMILES string of the molecule is Cc1nn(C(C)C)c(C)c1NC1CCOc2ccccc21. The lowest BCUT2D eigenvalue weighted by molar-refractivity contribution is 0.274. The van der Waals surface area contributed by atoms with Crippen molar-refractivity contribution in [2.75, 3.05) is 11.9 Å². The van der Waals surface area contributed by atoms with Crippen LogP contribution in [0.15, 0.2) is 24.3 Å². The Bertz CT molecular complexity index is 645. The van der Waals surface area contributed by atoms with Crippen LogP contribution >= 0.6 is 0 Å². The maximum atomic E-state index is 5.73. The van der Waals surface area contributed by atoms with Gasteiger partial charge in [-0.3, -0.25) is 4.68 Å². The summed E-state index contributed by atoms with van der Waals surface area (Å²) < 4.78 is 7.82. The first-order valence-corrected chi connectivity index (χ1v) is 7.62. The molecule has 1 aliphatic heterocycles. The molecule has 0 fully saturated rings. The smallest absolute Gasteiger partial charge is 0.124 e. The summed E-state index contributed by atoms with van der Waals surface area (Å²) in [6.45, 7) is 9.28. The molecule has 0 saturated carbocycles. The molecule has 2 aromatic rings. The highest BCUT2D eigenvalue weighted by molar-refractivity contribution is 5.55. The van der Waals surface area contributed by atoms with Gasteiger partial charge >= 0.3 is 0 Å². The van der Waals surface area contributed by atoms with Crippen molar-refractivity contribution in [3.05, 3.63) is 41.2 Å². The van der Waals surface area contributed by atoms with Gasteiger partial charge in [-0.15, -0.1) is 0 Å². The van der Waals surface area contributed by atoms with Crippen molar-refractivity contribution >= 4 is 5.69 Å². The molecule has 1 aromatic heterocycles. The quantitative estimate of drug-likeness (QED) is 0.926. The first-order valence-electron chi connectivity index (χ1n) is 7.62. The number of hydrogen-bond donors (Lipinski definition) is 1. The predicted molar refractivity (Wildman–Crippen MR) is 85.0 cm³/mol. The van der Waals surface area contributed by atoms with Gasteiger partial charge in [0.25, 0.3) is 0 Å². The Balaban J connectivity index is 1.92. The van der Waals surface area contributed by atoms with Crippen LogP contribution in [0.5, 0.6) is 5.75 Å². The Morgan fingerprint density at radius 3 is 2.76 bits per heavy atom. The number of nitrogens with zero attached hydrogens (tertiary/aromatic N) is 2. The van der Waals surface area contributed by atoms with Crippen molar-refractivity contribution in [1.29, 1.82) is 0 Å². The third-order valence-corrected chi connectivity index (χ3v) is 4.09. The number of para-hydroxylation sites is 1. The standard InChI is InChI=1S/C17H23N3O/c1-11(2)20-13(4)17(12(3)19-20)18-15-9-10-21-16-8-6-5-7-14(15)16/h5-8,11,15,18H,9-10H2,1-4H3. The van der Waals surface area contributed by atoms with E-state index >= 15 is 0 Å². The number of anilines is 1. The van der Waals surface area contributed by atoms with Gasteiger partial charge in [-0.05, 0) is 33.8 Å². The molecule has 1 aliphatic rings. The van der Waals surface area contributed by atoms with E-state index in [1.807, 2.05) is 12.1 Å². The zero-order chi connectivity index (χ0) is 15.0. The predicted octanol–water partition coefficient (Wildman–Crippen LogP) is 4.02. The van der Waals surface area contributed by atoms with E-state index in [1.165, 1.54) is 11.3 Å². The van der Waals surface area contributed by atoms with Crippen LogP contribution in [0.4, 0.5) is 5.69 Å². The average Bonchev–Trinajstić information content (AvgIpc) is 2.76. The molecule has 112 valence electrons. The summed E-state index contributed by atoms with van der Waals surface area (Å²) in [4.78, 5) is 0. The van der Waals surface area contributed by atoms with Gasteiger partial charge in [0.05, 0.1) is 29.7 Å². The van der Waals surface area contributed by atoms with Crippen LogP contribution in [0, 0.1) is 13.8 Å². The molecular weight excluding hydrogens is 262 g/mol. The molecule has 0 aliphatic carbocycles. The van der Waals surface area contributed by atoms with E-state index < -0.39 is 0 Å². The zero-order valence-corrected chi connectivity index (χ0v) is 13.2. The third kappa shape index (κ3) is 2.50. The second-order valence-electron chi connectivity index (χ2n) is 5.96. The van der Waals surface area contributed by atoms with Crippen molar-refractivity contribution in [3.63, 3.8) is 0 Å². The molecule has 0 spiro atoms. The molecule has 0 amide bonds. The molecule has 0 radical (unpaired) electrons. The highest BCUT2D eigenvalue weighted by Gasteiger charge is 2.23. The molecule has 4 heteroatoms. The molecule has 0 saturated heterocycles. The van der Waals surface area contributed by atoms with Gasteiger partial charge < -0.3 is 10.1 Å². The molecule has 3 rings (SSSR count). The van der Waals surface area contributed by atoms with Crippen LogP contribution < -0.4 is 10.1 Å². The van der Waals surface area contributed by atoms with Gasteiger partial charge in [-0.2, -0.15) is 5.10 Å². The lowest BCUT2D eigenvalue weighted by Gasteiger charge is -2.27. The molecule has 4 nitrogen and oxygen atoms in total. The summed E-state index contributed by atoms with van der Waals surface area (Å²) in [6.07, 6.45) is 0.975. The van der Waals surface area contributed by atoms with Crippen molar-refractivity contribution in [2.45, 2.75) is 46.2 Å². The largest absolute Gasteiger partial charge is 0.493 e. The molecule has 1 atom stereocenters. The molecular formula is C17H23N3O. The molecule has 2 heterocycles. The highest BCUT2D eigenvalue weighted by Crippen LogP contribution is 2.35. The van der Waals surface area contributed by atoms with E-state index in [4.69, 9.17) is 4.74 Å². The fraction of sp³-hybridized carbons (Fsp3) is 0.471. The fourth-order valence-electron chi connectivity index (χ4n) is 3.04. The van der Waals surface area contributed by atoms with Crippen molar-refractivity contribution in [3.8, 4) is 5.75 Å². The third-order valence-electron chi connectivity index (χ3n) is 4.09. The number of aryl methyl sites for hydroxylation is 1. The second-order valence-corrected chi connectivity index (χ2v) is 5.96. The molecule has 1 N–H and O–H groups in total. The van der Waals surface area contributed by atoms with E-state index in [0.29, 0.717) is 6.04 Å². The number of fused-ring (bicyclic) bond motifs is 1. The van der Waals surface area contributed by atoms with Gasteiger partial charge in [0, 0.05) is 18.0 Å². The van der Waals surface area contributed by atoms with Gasteiger partial charge in [0.1, 0.15) is 5.75 Å². The number of ether oxygens (including phenoxy) is 1. The minimum Gasteiger partial charge on any atom is -0.493 e. The Kier molecular flexibility index (Phi) is 3.62. The highest BCUT2D eigenvalue weighted by atomic mass is 16.5. The Labute approximate surface area is 126 Å². The van der Waals surface area contributed by atoms with E-state index in [-0.39, 0.29) is 6.04 Å². The second kappa shape index (κ2) is 5.43. The Morgan fingerprint density at radius 2 is 2.05 bits per heavy atom. The number of benzene rings is 1. The zero-order valence-electron chi connectivity index (χ0n) is 13.2. The van der Waals surface area contributed by atoms with Crippen LogP contribution in [0.2, 0.25) is 0 Å². The number of rotatable bonds is 3. The lowest BCUT2D eigenvalue weighted by Crippen LogP contribution is -2.20. The summed E-state index contributed by atoms with van der Waals surface area (Å²) >= 11 is 0. The topological polar surface area (TPSA) is 39.1 Å². The van der Waals surface area contributed by atoms with Gasteiger partial charge in [0.2, 0.25) is 0 Å². The fourth-order valence-corrected chi connectivity index (χ4v) is 3.04. The van der Waals surface area contributed by atoms with Crippen LogP contribution in [0.1, 0.15) is 49.3 Å². The normalized spacial score (nSPS) is 17.5. The van der Waals surface area contributed by atoms with Gasteiger partial charge in [0.15, 0.2) is 0 Å². The van der Waals surface area contributed by atoms with Crippen molar-refractivity contribution < 1.29 is 4.74 Å².